The van der Waals surface area contributed by atoms with E-state index in [4.69, 9.17) is 0 Å². The third-order valence-electron chi connectivity index (χ3n) is 3.49. The van der Waals surface area contributed by atoms with Crippen molar-refractivity contribution in [1.82, 2.24) is 14.8 Å². The highest BCUT2D eigenvalue weighted by molar-refractivity contribution is 8.00. The fraction of sp³-hybridized carbons (Fsp3) is 0.353. The van der Waals surface area contributed by atoms with E-state index < -0.39 is 0 Å². The van der Waals surface area contributed by atoms with Crippen molar-refractivity contribution in [3.63, 3.8) is 0 Å². The Morgan fingerprint density at radius 3 is 2.70 bits per heavy atom. The van der Waals surface area contributed by atoms with Crippen LogP contribution in [0.1, 0.15) is 25.2 Å². The van der Waals surface area contributed by atoms with Gasteiger partial charge in [0.1, 0.15) is 5.82 Å². The molecule has 0 aliphatic rings. The predicted molar refractivity (Wildman–Crippen MR) is 94.7 cm³/mol. The van der Waals surface area contributed by atoms with Crippen LogP contribution < -0.4 is 5.32 Å². The Hall–Kier alpha value is -2.08. The lowest BCUT2D eigenvalue weighted by atomic mass is 10.1. The van der Waals surface area contributed by atoms with Crippen molar-refractivity contribution in [3.8, 4) is 0 Å². The van der Waals surface area contributed by atoms with Crippen molar-refractivity contribution in [1.29, 1.82) is 0 Å². The highest BCUT2D eigenvalue weighted by Crippen LogP contribution is 2.23. The Bertz CT molecular complexity index is 678. The number of thioether (sulfide) groups is 1. The van der Waals surface area contributed by atoms with Crippen LogP contribution in [-0.2, 0) is 17.8 Å². The summed E-state index contributed by atoms with van der Waals surface area (Å²) in [5, 5.41) is 11.6. The second-order valence-electron chi connectivity index (χ2n) is 5.23. The van der Waals surface area contributed by atoms with Crippen molar-refractivity contribution in [3.05, 3.63) is 48.3 Å². The zero-order valence-electron chi connectivity index (χ0n) is 13.7. The van der Waals surface area contributed by atoms with Crippen LogP contribution in [0.25, 0.3) is 0 Å². The molecule has 2 rings (SSSR count). The maximum absolute atomic E-state index is 12.3. The molecule has 1 aromatic carbocycles. The normalized spacial score (nSPS) is 12.0. The van der Waals surface area contributed by atoms with Gasteiger partial charge in [-0.1, -0.05) is 36.9 Å². The maximum Gasteiger partial charge on any atom is 0.237 e. The number of aromatic nitrogens is 3. The highest BCUT2D eigenvalue weighted by atomic mass is 32.2. The second-order valence-corrected chi connectivity index (χ2v) is 6.54. The van der Waals surface area contributed by atoms with Crippen LogP contribution in [0.3, 0.4) is 0 Å². The van der Waals surface area contributed by atoms with Crippen LogP contribution in [0.4, 0.5) is 5.69 Å². The number of allylic oxidation sites excluding steroid dienone is 1. The van der Waals surface area contributed by atoms with Gasteiger partial charge >= 0.3 is 0 Å². The summed E-state index contributed by atoms with van der Waals surface area (Å²) in [7, 11) is 0. The molecule has 0 fully saturated rings. The number of anilines is 1. The van der Waals surface area contributed by atoms with Crippen LogP contribution >= 0.6 is 11.8 Å². The number of amides is 1. The first kappa shape index (κ1) is 17.3. The zero-order valence-corrected chi connectivity index (χ0v) is 14.6. The number of benzene rings is 1. The van der Waals surface area contributed by atoms with E-state index in [1.807, 2.05) is 42.7 Å². The average Bonchev–Trinajstić information content (AvgIpc) is 2.89. The number of carbonyl (C=O) groups is 1. The molecule has 1 atom stereocenters. The molecule has 6 heteroatoms. The first-order chi connectivity index (χ1) is 11.0. The number of nitrogens with one attached hydrogen (secondary N) is 1. The third kappa shape index (κ3) is 4.45. The Labute approximate surface area is 141 Å². The van der Waals surface area contributed by atoms with Gasteiger partial charge < -0.3 is 9.88 Å². The fourth-order valence-corrected chi connectivity index (χ4v) is 2.97. The van der Waals surface area contributed by atoms with E-state index in [0.717, 1.165) is 23.1 Å². The molecular formula is C17H22N4OS. The molecular weight excluding hydrogens is 308 g/mol. The van der Waals surface area contributed by atoms with Gasteiger partial charge in [-0.2, -0.15) is 0 Å². The van der Waals surface area contributed by atoms with E-state index in [2.05, 4.69) is 29.0 Å². The van der Waals surface area contributed by atoms with E-state index in [0.29, 0.717) is 6.54 Å². The summed E-state index contributed by atoms with van der Waals surface area (Å²) in [6.07, 6.45) is 2.78. The maximum atomic E-state index is 12.3. The summed E-state index contributed by atoms with van der Waals surface area (Å²) in [5.74, 6) is 0.764. The first-order valence-corrected chi connectivity index (χ1v) is 8.50. The molecule has 1 N–H and O–H groups in total. The van der Waals surface area contributed by atoms with Crippen LogP contribution in [0.15, 0.2) is 42.1 Å². The van der Waals surface area contributed by atoms with Crippen molar-refractivity contribution in [2.45, 2.75) is 44.1 Å². The molecule has 0 aliphatic carbocycles. The molecule has 5 nitrogen and oxygen atoms in total. The van der Waals surface area contributed by atoms with Crippen molar-refractivity contribution >= 4 is 23.4 Å². The topological polar surface area (TPSA) is 59.8 Å². The van der Waals surface area contributed by atoms with Crippen molar-refractivity contribution in [2.75, 3.05) is 5.32 Å². The summed E-state index contributed by atoms with van der Waals surface area (Å²) >= 11 is 1.40. The molecule has 23 heavy (non-hydrogen) atoms. The second kappa shape index (κ2) is 7.97. The van der Waals surface area contributed by atoms with Gasteiger partial charge in [0.15, 0.2) is 5.16 Å². The van der Waals surface area contributed by atoms with Crippen LogP contribution in [0, 0.1) is 6.92 Å². The molecule has 0 spiro atoms. The zero-order chi connectivity index (χ0) is 16.8. The molecule has 1 aromatic heterocycles. The number of carbonyl (C=O) groups excluding carboxylic acids is 1. The van der Waals surface area contributed by atoms with Gasteiger partial charge in [0, 0.05) is 12.2 Å². The van der Waals surface area contributed by atoms with Gasteiger partial charge in [-0.3, -0.25) is 4.79 Å². The van der Waals surface area contributed by atoms with Gasteiger partial charge in [-0.05, 0) is 38.0 Å². The molecule has 0 aliphatic heterocycles. The number of aryl methyl sites for hydroxylation is 2. The summed E-state index contributed by atoms with van der Waals surface area (Å²) in [6, 6.07) is 7.91. The lowest BCUT2D eigenvalue weighted by molar-refractivity contribution is -0.115. The minimum atomic E-state index is -0.270. The Balaban J connectivity index is 2.00. The van der Waals surface area contributed by atoms with Gasteiger partial charge in [0.2, 0.25) is 5.91 Å². The Morgan fingerprint density at radius 1 is 1.39 bits per heavy atom. The fourth-order valence-electron chi connectivity index (χ4n) is 2.07. The van der Waals surface area contributed by atoms with E-state index in [9.17, 15) is 4.79 Å². The molecule has 122 valence electrons. The quantitative estimate of drug-likeness (QED) is 0.624. The van der Waals surface area contributed by atoms with Gasteiger partial charge in [-0.15, -0.1) is 16.8 Å². The van der Waals surface area contributed by atoms with Crippen LogP contribution in [0.5, 0.6) is 0 Å². The lowest BCUT2D eigenvalue weighted by Gasteiger charge is -2.12. The van der Waals surface area contributed by atoms with E-state index >= 15 is 0 Å². The molecule has 0 bridgehead atoms. The smallest absolute Gasteiger partial charge is 0.237 e. The Morgan fingerprint density at radius 2 is 2.09 bits per heavy atom. The molecule has 2 aromatic rings. The lowest BCUT2D eigenvalue weighted by Crippen LogP contribution is -2.23. The van der Waals surface area contributed by atoms with Gasteiger partial charge in [0.05, 0.1) is 5.25 Å². The molecule has 0 unspecified atom stereocenters. The van der Waals surface area contributed by atoms with Crippen molar-refractivity contribution in [2.24, 2.45) is 0 Å². The van der Waals surface area contributed by atoms with E-state index in [1.165, 1.54) is 17.3 Å². The first-order valence-electron chi connectivity index (χ1n) is 7.62. The Kier molecular flexibility index (Phi) is 5.98. The van der Waals surface area contributed by atoms with Crippen LogP contribution in [0.2, 0.25) is 0 Å². The van der Waals surface area contributed by atoms with E-state index in [1.54, 1.807) is 6.08 Å². The summed E-state index contributed by atoms with van der Waals surface area (Å²) in [5.41, 5.74) is 2.06. The molecule has 0 radical (unpaired) electrons. The average molecular weight is 330 g/mol. The number of hydrogen-bond donors (Lipinski definition) is 1. The number of hydrogen-bond acceptors (Lipinski definition) is 4. The predicted octanol–water partition coefficient (Wildman–Crippen LogP) is 3.45. The highest BCUT2D eigenvalue weighted by Gasteiger charge is 2.18. The summed E-state index contributed by atoms with van der Waals surface area (Å²) in [4.78, 5) is 12.3. The molecule has 0 saturated carbocycles. The van der Waals surface area contributed by atoms with E-state index in [-0.39, 0.29) is 11.2 Å². The third-order valence-corrected chi connectivity index (χ3v) is 4.58. The summed E-state index contributed by atoms with van der Waals surface area (Å²) in [6.45, 7) is 10.2. The standard InChI is InChI=1S/C17H22N4OS/c1-5-11-21-13(4)19-20-17(21)23-12(3)16(22)18-15-9-7-14(6-2)8-10-15/h5,7-10,12H,1,6,11H2,2-4H3,(H,18,22)/t12-/m0/s1. The summed E-state index contributed by atoms with van der Waals surface area (Å²) < 4.78 is 1.94. The molecule has 1 heterocycles. The number of rotatable bonds is 7. The minimum absolute atomic E-state index is 0.0509. The molecule has 0 saturated heterocycles. The largest absolute Gasteiger partial charge is 0.325 e. The van der Waals surface area contributed by atoms with Gasteiger partial charge in [-0.25, -0.2) is 0 Å². The minimum Gasteiger partial charge on any atom is -0.325 e. The van der Waals surface area contributed by atoms with Crippen LogP contribution in [-0.4, -0.2) is 25.9 Å². The molecule has 1 amide bonds. The SMILES string of the molecule is C=CCn1c(C)nnc1S[C@@H](C)C(=O)Nc1ccc(CC)cc1. The monoisotopic (exact) mass is 330 g/mol. The van der Waals surface area contributed by atoms with Crippen molar-refractivity contribution < 1.29 is 4.79 Å². The van der Waals surface area contributed by atoms with Gasteiger partial charge in [0.25, 0.3) is 0 Å². The number of nitrogens with zero attached hydrogens (tertiary/aromatic N) is 3.